The van der Waals surface area contributed by atoms with Gasteiger partial charge in [0.25, 0.3) is 11.8 Å². The van der Waals surface area contributed by atoms with E-state index in [2.05, 4.69) is 27.7 Å². The third-order valence-electron chi connectivity index (χ3n) is 6.89. The second kappa shape index (κ2) is 13.2. The SMILES string of the molecule is CCCCC(CC)CN1C(=O)c2cccc3c(OCCCP(CCC)CCC)ccc(c23)C1=O. The Labute approximate surface area is 207 Å². The molecule has 0 N–H and O–H groups in total. The number of amides is 2. The highest BCUT2D eigenvalue weighted by Crippen LogP contribution is 2.38. The normalized spacial score (nSPS) is 14.3. The van der Waals surface area contributed by atoms with Crippen molar-refractivity contribution in [3.05, 3.63) is 41.5 Å². The van der Waals surface area contributed by atoms with E-state index in [0.717, 1.165) is 48.6 Å². The van der Waals surface area contributed by atoms with Gasteiger partial charge in [0.2, 0.25) is 0 Å². The molecule has 3 rings (SSSR count). The molecule has 4 nitrogen and oxygen atoms in total. The molecule has 0 saturated carbocycles. The summed E-state index contributed by atoms with van der Waals surface area (Å²) >= 11 is 0. The van der Waals surface area contributed by atoms with Crippen LogP contribution in [0, 0.1) is 5.92 Å². The highest BCUT2D eigenvalue weighted by Gasteiger charge is 2.34. The lowest BCUT2D eigenvalue weighted by Crippen LogP contribution is -2.43. The summed E-state index contributed by atoms with van der Waals surface area (Å²) in [5, 5.41) is 1.63. The molecule has 2 aromatic rings. The number of imide groups is 1. The van der Waals surface area contributed by atoms with E-state index >= 15 is 0 Å². The zero-order chi connectivity index (χ0) is 24.5. The van der Waals surface area contributed by atoms with Crippen molar-refractivity contribution in [2.45, 2.75) is 72.6 Å². The van der Waals surface area contributed by atoms with Gasteiger partial charge < -0.3 is 4.74 Å². The van der Waals surface area contributed by atoms with Crippen molar-refractivity contribution < 1.29 is 14.3 Å². The van der Waals surface area contributed by atoms with Crippen LogP contribution in [0.15, 0.2) is 30.3 Å². The predicted molar refractivity (Wildman–Crippen MR) is 145 cm³/mol. The first kappa shape index (κ1) is 26.7. The van der Waals surface area contributed by atoms with Gasteiger partial charge in [-0.1, -0.05) is 71.9 Å². The summed E-state index contributed by atoms with van der Waals surface area (Å²) < 4.78 is 6.20. The van der Waals surface area contributed by atoms with Crippen LogP contribution in [-0.4, -0.2) is 48.4 Å². The van der Waals surface area contributed by atoms with Crippen LogP contribution in [0.1, 0.15) is 93.4 Å². The average Bonchev–Trinajstić information content (AvgIpc) is 2.85. The monoisotopic (exact) mass is 483 g/mol. The van der Waals surface area contributed by atoms with Crippen LogP contribution in [0.25, 0.3) is 10.8 Å². The van der Waals surface area contributed by atoms with Crippen LogP contribution in [0.5, 0.6) is 5.75 Å². The predicted octanol–water partition coefficient (Wildman–Crippen LogP) is 7.72. The lowest BCUT2D eigenvalue weighted by atomic mass is 9.91. The molecule has 0 aromatic heterocycles. The summed E-state index contributed by atoms with van der Waals surface area (Å²) in [7, 11) is 0.115. The van der Waals surface area contributed by atoms with Gasteiger partial charge in [0.1, 0.15) is 5.75 Å². The Bertz CT molecular complexity index is 945. The van der Waals surface area contributed by atoms with Gasteiger partial charge in [0, 0.05) is 28.4 Å². The van der Waals surface area contributed by atoms with Crippen LogP contribution >= 0.6 is 7.92 Å². The van der Waals surface area contributed by atoms with Gasteiger partial charge in [-0.25, -0.2) is 0 Å². The molecule has 0 bridgehead atoms. The number of carbonyl (C=O) groups is 2. The fraction of sp³-hybridized carbons (Fsp3) is 0.586. The van der Waals surface area contributed by atoms with Gasteiger partial charge in [-0.2, -0.15) is 0 Å². The van der Waals surface area contributed by atoms with Crippen LogP contribution in [-0.2, 0) is 0 Å². The van der Waals surface area contributed by atoms with Gasteiger partial charge in [-0.3, -0.25) is 14.5 Å². The number of hydrogen-bond donors (Lipinski definition) is 0. The van der Waals surface area contributed by atoms with E-state index in [1.54, 1.807) is 0 Å². The van der Waals surface area contributed by atoms with Crippen molar-refractivity contribution in [2.75, 3.05) is 31.6 Å². The lowest BCUT2D eigenvalue weighted by molar-refractivity contribution is 0.0580. The third-order valence-corrected chi connectivity index (χ3v) is 10.00. The van der Waals surface area contributed by atoms with Crippen LogP contribution in [0.3, 0.4) is 0 Å². The summed E-state index contributed by atoms with van der Waals surface area (Å²) in [6, 6.07) is 9.52. The number of hydrogen-bond acceptors (Lipinski definition) is 3. The largest absolute Gasteiger partial charge is 0.493 e. The van der Waals surface area contributed by atoms with E-state index in [-0.39, 0.29) is 19.7 Å². The number of ether oxygens (including phenoxy) is 1. The topological polar surface area (TPSA) is 46.6 Å². The molecule has 5 heteroatoms. The number of rotatable bonds is 15. The smallest absolute Gasteiger partial charge is 0.261 e. The number of unbranched alkanes of at least 4 members (excludes halogenated alkanes) is 1. The van der Waals surface area contributed by atoms with E-state index < -0.39 is 0 Å². The van der Waals surface area contributed by atoms with Crippen LogP contribution < -0.4 is 4.74 Å². The van der Waals surface area contributed by atoms with Gasteiger partial charge >= 0.3 is 0 Å². The van der Waals surface area contributed by atoms with Crippen molar-refractivity contribution in [3.8, 4) is 5.75 Å². The molecule has 1 heterocycles. The molecular weight excluding hydrogens is 441 g/mol. The highest BCUT2D eigenvalue weighted by molar-refractivity contribution is 7.57. The van der Waals surface area contributed by atoms with Crippen LogP contribution in [0.4, 0.5) is 0 Å². The van der Waals surface area contributed by atoms with Gasteiger partial charge in [0.05, 0.1) is 6.61 Å². The molecular formula is C29H42NO3P. The van der Waals surface area contributed by atoms with Crippen molar-refractivity contribution in [2.24, 2.45) is 5.92 Å². The second-order valence-electron chi connectivity index (χ2n) is 9.52. The Morgan fingerprint density at radius 2 is 1.56 bits per heavy atom. The third kappa shape index (κ3) is 6.19. The molecule has 186 valence electrons. The first-order valence-electron chi connectivity index (χ1n) is 13.3. The van der Waals surface area contributed by atoms with E-state index in [1.807, 2.05) is 30.3 Å². The summed E-state index contributed by atoms with van der Waals surface area (Å²) in [5.41, 5.74) is 1.25. The summed E-state index contributed by atoms with van der Waals surface area (Å²) in [6.07, 6.45) is 11.8. The number of benzene rings is 2. The number of carbonyl (C=O) groups excluding carboxylic acids is 2. The minimum Gasteiger partial charge on any atom is -0.493 e. The van der Waals surface area contributed by atoms with Crippen molar-refractivity contribution in [1.29, 1.82) is 0 Å². The fourth-order valence-electron chi connectivity index (χ4n) is 5.02. The maximum absolute atomic E-state index is 13.4. The molecule has 1 aliphatic heterocycles. The Morgan fingerprint density at radius 1 is 0.853 bits per heavy atom. The quantitative estimate of drug-likeness (QED) is 0.148. The molecule has 1 atom stereocenters. The summed E-state index contributed by atoms with van der Waals surface area (Å²) in [4.78, 5) is 28.2. The highest BCUT2D eigenvalue weighted by atomic mass is 31.1. The first-order chi connectivity index (χ1) is 16.5. The Hall–Kier alpha value is -1.93. The minimum atomic E-state index is -0.167. The molecule has 0 saturated heterocycles. The van der Waals surface area contributed by atoms with Crippen molar-refractivity contribution in [1.82, 2.24) is 4.90 Å². The summed E-state index contributed by atoms with van der Waals surface area (Å²) in [6.45, 7) is 10.0. The molecule has 0 aliphatic carbocycles. The molecule has 2 aromatic carbocycles. The molecule has 1 aliphatic rings. The van der Waals surface area contributed by atoms with Gasteiger partial charge in [-0.05, 0) is 55.4 Å². The van der Waals surface area contributed by atoms with E-state index in [9.17, 15) is 9.59 Å². The molecule has 34 heavy (non-hydrogen) atoms. The Balaban J connectivity index is 1.76. The molecule has 2 amide bonds. The van der Waals surface area contributed by atoms with Gasteiger partial charge in [0.15, 0.2) is 0 Å². The summed E-state index contributed by atoms with van der Waals surface area (Å²) in [5.74, 6) is 0.793. The lowest BCUT2D eigenvalue weighted by Gasteiger charge is -2.30. The Kier molecular flexibility index (Phi) is 10.4. The Morgan fingerprint density at radius 3 is 2.21 bits per heavy atom. The molecule has 0 spiro atoms. The zero-order valence-electron chi connectivity index (χ0n) is 21.6. The van der Waals surface area contributed by atoms with E-state index in [0.29, 0.717) is 30.2 Å². The standard InChI is InChI=1S/C29H42NO3P/c1-5-9-12-22(8-4)21-30-28(31)24-14-10-13-23-26(16-15-25(27(23)24)29(30)32)33-17-11-20-34(18-6-2)19-7-3/h10,13-16,22H,5-9,11-12,17-21H2,1-4H3. The maximum Gasteiger partial charge on any atom is 0.261 e. The van der Waals surface area contributed by atoms with E-state index in [4.69, 9.17) is 4.74 Å². The minimum absolute atomic E-state index is 0.115. The first-order valence-corrected chi connectivity index (χ1v) is 15.2. The average molecular weight is 484 g/mol. The fourth-order valence-corrected chi connectivity index (χ4v) is 7.54. The number of nitrogens with zero attached hydrogens (tertiary/aromatic N) is 1. The van der Waals surface area contributed by atoms with Crippen LogP contribution in [0.2, 0.25) is 0 Å². The molecule has 0 radical (unpaired) electrons. The molecule has 1 unspecified atom stereocenters. The van der Waals surface area contributed by atoms with Crippen molar-refractivity contribution in [3.63, 3.8) is 0 Å². The molecule has 0 fully saturated rings. The zero-order valence-corrected chi connectivity index (χ0v) is 22.5. The maximum atomic E-state index is 13.4. The second-order valence-corrected chi connectivity index (χ2v) is 12.2. The van der Waals surface area contributed by atoms with E-state index in [1.165, 1.54) is 36.2 Å². The van der Waals surface area contributed by atoms with Gasteiger partial charge in [-0.15, -0.1) is 7.92 Å². The van der Waals surface area contributed by atoms with Crippen molar-refractivity contribution >= 4 is 30.5 Å².